The second-order valence-corrected chi connectivity index (χ2v) is 7.26. The summed E-state index contributed by atoms with van der Waals surface area (Å²) in [5.41, 5.74) is 0.819. The fourth-order valence-corrected chi connectivity index (χ4v) is 3.11. The molecule has 0 saturated carbocycles. The van der Waals surface area contributed by atoms with Crippen LogP contribution < -0.4 is 5.32 Å². The van der Waals surface area contributed by atoms with Gasteiger partial charge in [0.2, 0.25) is 5.91 Å². The van der Waals surface area contributed by atoms with Gasteiger partial charge < -0.3 is 5.32 Å². The summed E-state index contributed by atoms with van der Waals surface area (Å²) in [5, 5.41) is 2.29. The van der Waals surface area contributed by atoms with Crippen molar-refractivity contribution in [3.63, 3.8) is 0 Å². The lowest BCUT2D eigenvalue weighted by molar-refractivity contribution is -0.153. The highest BCUT2D eigenvalue weighted by Crippen LogP contribution is 2.38. The highest BCUT2D eigenvalue weighted by atomic mass is 35.5. The number of amides is 1. The lowest BCUT2D eigenvalue weighted by Crippen LogP contribution is -2.28. The van der Waals surface area contributed by atoms with Gasteiger partial charge in [0, 0.05) is 16.6 Å². The molecular weight excluding hydrogens is 455 g/mol. The summed E-state index contributed by atoms with van der Waals surface area (Å²) in [6.07, 6.45) is -8.53. The van der Waals surface area contributed by atoms with E-state index >= 15 is 0 Å². The zero-order chi connectivity index (χ0) is 22.5. The van der Waals surface area contributed by atoms with Crippen LogP contribution in [-0.2, 0) is 11.3 Å². The Balaban J connectivity index is 2.09. The van der Waals surface area contributed by atoms with E-state index in [2.05, 4.69) is 5.32 Å². The number of rotatable bonds is 6. The zero-order valence-corrected chi connectivity index (χ0v) is 16.6. The van der Waals surface area contributed by atoms with Crippen LogP contribution in [0.4, 0.5) is 26.3 Å². The summed E-state index contributed by atoms with van der Waals surface area (Å²) >= 11 is 11.6. The van der Waals surface area contributed by atoms with Crippen LogP contribution in [0.5, 0.6) is 0 Å². The minimum absolute atomic E-state index is 0.0806. The maximum atomic E-state index is 13.5. The predicted molar refractivity (Wildman–Crippen MR) is 103 cm³/mol. The molecule has 0 aliphatic rings. The van der Waals surface area contributed by atoms with E-state index in [-0.39, 0.29) is 22.2 Å². The second kappa shape index (κ2) is 9.75. The average Bonchev–Trinajstić information content (AvgIpc) is 2.57. The molecule has 1 N–H and O–H groups in total. The predicted octanol–water partition coefficient (Wildman–Crippen LogP) is 6.92. The first-order valence-electron chi connectivity index (χ1n) is 8.47. The summed E-state index contributed by atoms with van der Waals surface area (Å²) in [5.74, 6) is -3.10. The Morgan fingerprint density at radius 1 is 0.967 bits per heavy atom. The van der Waals surface area contributed by atoms with E-state index < -0.39 is 30.6 Å². The van der Waals surface area contributed by atoms with Gasteiger partial charge in [0.25, 0.3) is 0 Å². The van der Waals surface area contributed by atoms with Crippen molar-refractivity contribution < 1.29 is 31.1 Å². The van der Waals surface area contributed by atoms with Crippen molar-refractivity contribution in [1.82, 2.24) is 5.32 Å². The van der Waals surface area contributed by atoms with Gasteiger partial charge in [0.15, 0.2) is 0 Å². The molecule has 0 heterocycles. The molecule has 0 aliphatic carbocycles. The number of benzene rings is 2. The third kappa shape index (κ3) is 7.91. The van der Waals surface area contributed by atoms with Gasteiger partial charge in [-0.25, -0.2) is 0 Å². The number of carbonyl (C=O) groups excluding carboxylic acids is 1. The number of allylic oxidation sites excluding steroid dienone is 1. The Bertz CT molecular complexity index is 887. The maximum absolute atomic E-state index is 13.5. The molecule has 0 fully saturated rings. The quantitative estimate of drug-likeness (QED) is 0.457. The molecule has 0 radical (unpaired) electrons. The Kier molecular flexibility index (Phi) is 7.82. The minimum Gasteiger partial charge on any atom is -0.352 e. The van der Waals surface area contributed by atoms with E-state index in [4.69, 9.17) is 23.2 Å². The zero-order valence-electron chi connectivity index (χ0n) is 15.1. The third-order valence-electron chi connectivity index (χ3n) is 3.91. The highest BCUT2D eigenvalue weighted by molar-refractivity contribution is 6.34. The Labute approximate surface area is 178 Å². The average molecular weight is 470 g/mol. The first kappa shape index (κ1) is 24.1. The van der Waals surface area contributed by atoms with Crippen molar-refractivity contribution in [3.8, 4) is 0 Å². The summed E-state index contributed by atoms with van der Waals surface area (Å²) in [7, 11) is 0. The van der Waals surface area contributed by atoms with Crippen molar-refractivity contribution in [2.75, 3.05) is 0 Å². The maximum Gasteiger partial charge on any atom is 0.399 e. The van der Waals surface area contributed by atoms with Crippen LogP contribution in [0.2, 0.25) is 10.0 Å². The molecule has 162 valence electrons. The van der Waals surface area contributed by atoms with Crippen molar-refractivity contribution in [1.29, 1.82) is 0 Å². The van der Waals surface area contributed by atoms with Gasteiger partial charge in [-0.15, -0.1) is 0 Å². The van der Waals surface area contributed by atoms with Crippen LogP contribution in [0.25, 0.3) is 6.08 Å². The molecule has 0 aromatic heterocycles. The van der Waals surface area contributed by atoms with Gasteiger partial charge in [-0.3, -0.25) is 4.79 Å². The summed E-state index contributed by atoms with van der Waals surface area (Å²) in [4.78, 5) is 11.2. The molecule has 10 heteroatoms. The van der Waals surface area contributed by atoms with Crippen LogP contribution in [0, 0.1) is 0 Å². The largest absolute Gasteiger partial charge is 0.399 e. The number of hydrogen-bond donors (Lipinski definition) is 1. The third-order valence-corrected chi connectivity index (χ3v) is 4.34. The molecule has 2 aromatic rings. The molecule has 1 atom stereocenters. The number of nitrogens with one attached hydrogen (secondary N) is 1. The van der Waals surface area contributed by atoms with E-state index in [9.17, 15) is 31.1 Å². The molecule has 2 rings (SSSR count). The fraction of sp³-hybridized carbons (Fsp3) is 0.250. The van der Waals surface area contributed by atoms with Crippen LogP contribution >= 0.6 is 23.2 Å². The Morgan fingerprint density at radius 3 is 2.03 bits per heavy atom. The molecule has 0 bridgehead atoms. The van der Waals surface area contributed by atoms with E-state index in [1.807, 2.05) is 0 Å². The Morgan fingerprint density at radius 2 is 1.53 bits per heavy atom. The van der Waals surface area contributed by atoms with Gasteiger partial charge in [0.1, 0.15) is 6.42 Å². The summed E-state index contributed by atoms with van der Waals surface area (Å²) in [6, 6.07) is 9.65. The lowest BCUT2D eigenvalue weighted by Gasteiger charge is -2.18. The van der Waals surface area contributed by atoms with Gasteiger partial charge in [0.05, 0.1) is 5.92 Å². The van der Waals surface area contributed by atoms with Gasteiger partial charge in [-0.2, -0.15) is 26.3 Å². The lowest BCUT2D eigenvalue weighted by atomic mass is 9.97. The molecule has 30 heavy (non-hydrogen) atoms. The number of halogens is 8. The van der Waals surface area contributed by atoms with Crippen molar-refractivity contribution >= 4 is 35.2 Å². The SMILES string of the molecule is O=C(CC(F)(F)F)NCc1ccc(/C=C/C(c2cc(Cl)cc(Cl)c2)C(F)(F)F)cc1. The fourth-order valence-electron chi connectivity index (χ4n) is 2.56. The number of alkyl halides is 6. The van der Waals surface area contributed by atoms with Crippen LogP contribution in [0.3, 0.4) is 0 Å². The molecule has 0 spiro atoms. The van der Waals surface area contributed by atoms with Crippen LogP contribution in [0.1, 0.15) is 29.0 Å². The molecule has 0 saturated heterocycles. The summed E-state index contributed by atoms with van der Waals surface area (Å²) < 4.78 is 76.8. The smallest absolute Gasteiger partial charge is 0.352 e. The molecular formula is C20H15Cl2F6NO. The van der Waals surface area contributed by atoms with Gasteiger partial charge in [-0.1, -0.05) is 59.6 Å². The normalized spacial score (nSPS) is 13.5. The number of carbonyl (C=O) groups is 1. The molecule has 2 aromatic carbocycles. The van der Waals surface area contributed by atoms with Gasteiger partial charge >= 0.3 is 12.4 Å². The molecule has 1 amide bonds. The van der Waals surface area contributed by atoms with E-state index in [1.54, 1.807) is 0 Å². The minimum atomic E-state index is -4.60. The monoisotopic (exact) mass is 469 g/mol. The van der Waals surface area contributed by atoms with E-state index in [0.717, 1.165) is 6.08 Å². The standard InChI is InChI=1S/C20H15Cl2F6NO/c21-15-7-14(8-16(22)9-15)17(20(26,27)28)6-5-12-1-3-13(4-2-12)11-29-18(30)10-19(23,24)25/h1-9,17H,10-11H2,(H,29,30)/b6-5+. The molecule has 1 unspecified atom stereocenters. The molecule has 0 aliphatic heterocycles. The topological polar surface area (TPSA) is 29.1 Å². The first-order valence-corrected chi connectivity index (χ1v) is 9.22. The van der Waals surface area contributed by atoms with Crippen LogP contribution in [-0.4, -0.2) is 18.3 Å². The summed E-state index contributed by atoms with van der Waals surface area (Å²) in [6.45, 7) is -0.134. The van der Waals surface area contributed by atoms with Crippen LogP contribution in [0.15, 0.2) is 48.5 Å². The van der Waals surface area contributed by atoms with E-state index in [1.165, 1.54) is 48.5 Å². The van der Waals surface area contributed by atoms with Gasteiger partial charge in [-0.05, 0) is 34.9 Å². The van der Waals surface area contributed by atoms with E-state index in [0.29, 0.717) is 11.1 Å². The van der Waals surface area contributed by atoms with Crippen molar-refractivity contribution in [2.24, 2.45) is 0 Å². The first-order chi connectivity index (χ1) is 13.8. The number of hydrogen-bond acceptors (Lipinski definition) is 1. The molecule has 2 nitrogen and oxygen atoms in total. The van der Waals surface area contributed by atoms with Crippen molar-refractivity contribution in [2.45, 2.75) is 31.2 Å². The second-order valence-electron chi connectivity index (χ2n) is 6.39. The highest BCUT2D eigenvalue weighted by Gasteiger charge is 2.39. The van der Waals surface area contributed by atoms with Crippen molar-refractivity contribution in [3.05, 3.63) is 75.3 Å². The Hall–Kier alpha value is -2.19.